The predicted molar refractivity (Wildman–Crippen MR) is 122 cm³/mol. The average molecular weight is 499 g/mol. The number of para-hydroxylation sites is 2. The molecule has 0 amide bonds. The van der Waals surface area contributed by atoms with E-state index in [2.05, 4.69) is 30.8 Å². The molecule has 2 aromatic rings. The van der Waals surface area contributed by atoms with Gasteiger partial charge in [-0.3, -0.25) is 9.79 Å². The minimum Gasteiger partial charge on any atom is -0.466 e. The first-order chi connectivity index (χ1) is 13.1. The van der Waals surface area contributed by atoms with Crippen LogP contribution in [0.1, 0.15) is 25.6 Å². The van der Waals surface area contributed by atoms with E-state index in [1.54, 1.807) is 7.05 Å². The summed E-state index contributed by atoms with van der Waals surface area (Å²) in [5.41, 5.74) is 2.18. The first-order valence-electron chi connectivity index (χ1n) is 9.68. The molecule has 0 bridgehead atoms. The Hall–Kier alpha value is -1.84. The summed E-state index contributed by atoms with van der Waals surface area (Å²) in [7, 11) is 1.80. The van der Waals surface area contributed by atoms with Crippen LogP contribution in [0.25, 0.3) is 11.0 Å². The number of nitrogens with one attached hydrogen (secondary N) is 1. The molecule has 0 unspecified atom stereocenters. The lowest BCUT2D eigenvalue weighted by Crippen LogP contribution is -2.47. The molecule has 0 atom stereocenters. The fourth-order valence-corrected chi connectivity index (χ4v) is 3.68. The fourth-order valence-electron chi connectivity index (χ4n) is 3.68. The lowest BCUT2D eigenvalue weighted by Gasteiger charge is -2.33. The lowest BCUT2D eigenvalue weighted by molar-refractivity contribution is -0.149. The van der Waals surface area contributed by atoms with E-state index in [0.29, 0.717) is 6.61 Å². The number of imidazole rings is 1. The van der Waals surface area contributed by atoms with Crippen molar-refractivity contribution in [2.75, 3.05) is 33.3 Å². The average Bonchev–Trinajstić information content (AvgIpc) is 3.01. The number of benzene rings is 1. The molecule has 154 valence electrons. The van der Waals surface area contributed by atoms with Crippen LogP contribution in [-0.4, -0.2) is 59.7 Å². The number of halogens is 1. The summed E-state index contributed by atoms with van der Waals surface area (Å²) in [6.07, 6.45) is 1.62. The van der Waals surface area contributed by atoms with Gasteiger partial charge in [0.1, 0.15) is 5.82 Å². The third kappa shape index (κ3) is 5.15. The van der Waals surface area contributed by atoms with E-state index < -0.39 is 0 Å². The van der Waals surface area contributed by atoms with E-state index in [1.165, 1.54) is 0 Å². The van der Waals surface area contributed by atoms with Crippen molar-refractivity contribution >= 4 is 46.9 Å². The minimum atomic E-state index is -0.0671. The number of nitrogens with zero attached hydrogens (tertiary/aromatic N) is 4. The van der Waals surface area contributed by atoms with Gasteiger partial charge in [0.15, 0.2) is 5.96 Å². The topological polar surface area (TPSA) is 71.8 Å². The second kappa shape index (κ2) is 10.6. The van der Waals surface area contributed by atoms with Crippen LogP contribution in [0, 0.1) is 12.8 Å². The predicted octanol–water partition coefficient (Wildman–Crippen LogP) is 2.81. The highest BCUT2D eigenvalue weighted by Crippen LogP contribution is 2.19. The number of esters is 1. The number of aliphatic imine (C=N–C) groups is 1. The van der Waals surface area contributed by atoms with Crippen molar-refractivity contribution in [3.8, 4) is 0 Å². The van der Waals surface area contributed by atoms with Gasteiger partial charge in [-0.2, -0.15) is 0 Å². The summed E-state index contributed by atoms with van der Waals surface area (Å²) in [6, 6.07) is 8.20. The number of hydrogen-bond donors (Lipinski definition) is 1. The van der Waals surface area contributed by atoms with Crippen molar-refractivity contribution in [1.29, 1.82) is 0 Å². The van der Waals surface area contributed by atoms with Crippen molar-refractivity contribution in [3.05, 3.63) is 30.1 Å². The first-order valence-corrected chi connectivity index (χ1v) is 9.68. The molecule has 1 saturated heterocycles. The SMILES string of the molecule is CCOC(=O)C1CCN(C(=NC)NCCn2c(C)nc3ccccc32)CC1.I. The Morgan fingerprint density at radius 3 is 2.71 bits per heavy atom. The highest BCUT2D eigenvalue weighted by Gasteiger charge is 2.27. The van der Waals surface area contributed by atoms with Crippen LogP contribution in [-0.2, 0) is 16.1 Å². The van der Waals surface area contributed by atoms with Gasteiger partial charge in [0.05, 0.1) is 23.6 Å². The number of likely N-dealkylation sites (tertiary alicyclic amines) is 1. The monoisotopic (exact) mass is 499 g/mol. The number of aromatic nitrogens is 2. The molecular formula is C20H30IN5O2. The van der Waals surface area contributed by atoms with Gasteiger partial charge in [-0.05, 0) is 38.8 Å². The van der Waals surface area contributed by atoms with Crippen molar-refractivity contribution in [2.45, 2.75) is 33.2 Å². The molecule has 7 nitrogen and oxygen atoms in total. The van der Waals surface area contributed by atoms with E-state index in [0.717, 1.165) is 61.8 Å². The minimum absolute atomic E-state index is 0. The molecule has 28 heavy (non-hydrogen) atoms. The number of carbonyl (C=O) groups is 1. The quantitative estimate of drug-likeness (QED) is 0.297. The zero-order valence-corrected chi connectivity index (χ0v) is 19.2. The molecule has 2 heterocycles. The number of piperidine rings is 1. The Bertz CT molecular complexity index is 812. The molecule has 0 aliphatic carbocycles. The number of hydrogen-bond acceptors (Lipinski definition) is 4. The molecule has 8 heteroatoms. The zero-order valence-electron chi connectivity index (χ0n) is 16.9. The van der Waals surface area contributed by atoms with Crippen LogP contribution in [0.15, 0.2) is 29.3 Å². The smallest absolute Gasteiger partial charge is 0.309 e. The van der Waals surface area contributed by atoms with Crippen LogP contribution in [0.5, 0.6) is 0 Å². The highest BCUT2D eigenvalue weighted by atomic mass is 127. The zero-order chi connectivity index (χ0) is 19.2. The largest absolute Gasteiger partial charge is 0.466 e. The number of aryl methyl sites for hydroxylation is 1. The summed E-state index contributed by atoms with van der Waals surface area (Å²) < 4.78 is 7.37. The number of fused-ring (bicyclic) bond motifs is 1. The Balaban J connectivity index is 0.00000280. The normalized spacial score (nSPS) is 15.4. The Labute approximate surface area is 183 Å². The molecule has 1 aromatic heterocycles. The van der Waals surface area contributed by atoms with Gasteiger partial charge in [-0.1, -0.05) is 12.1 Å². The van der Waals surface area contributed by atoms with Gasteiger partial charge in [0.25, 0.3) is 0 Å². The second-order valence-corrected chi connectivity index (χ2v) is 6.79. The Morgan fingerprint density at radius 1 is 1.32 bits per heavy atom. The summed E-state index contributed by atoms with van der Waals surface area (Å²) in [6.45, 7) is 7.56. The Morgan fingerprint density at radius 2 is 2.04 bits per heavy atom. The third-order valence-corrected chi connectivity index (χ3v) is 5.09. The van der Waals surface area contributed by atoms with Crippen LogP contribution in [0.2, 0.25) is 0 Å². The van der Waals surface area contributed by atoms with Crippen LogP contribution in [0.4, 0.5) is 0 Å². The molecule has 1 N–H and O–H groups in total. The molecule has 0 spiro atoms. The molecule has 1 aliphatic heterocycles. The van der Waals surface area contributed by atoms with E-state index >= 15 is 0 Å². The van der Waals surface area contributed by atoms with Gasteiger partial charge in [-0.25, -0.2) is 4.98 Å². The number of guanidine groups is 1. The molecule has 1 aromatic carbocycles. The standard InChI is InChI=1S/C20H29N5O2.HI/c1-4-27-19(26)16-9-12-24(13-10-16)20(21-3)22-11-14-25-15(2)23-17-7-5-6-8-18(17)25;/h5-8,16H,4,9-14H2,1-3H3,(H,21,22);1H. The van der Waals surface area contributed by atoms with Crippen molar-refractivity contribution in [2.24, 2.45) is 10.9 Å². The fraction of sp³-hybridized carbons (Fsp3) is 0.550. The van der Waals surface area contributed by atoms with E-state index in [1.807, 2.05) is 32.0 Å². The summed E-state index contributed by atoms with van der Waals surface area (Å²) >= 11 is 0. The first kappa shape index (κ1) is 22.4. The highest BCUT2D eigenvalue weighted by molar-refractivity contribution is 14.0. The lowest BCUT2D eigenvalue weighted by atomic mass is 9.97. The molecule has 3 rings (SSSR count). The number of rotatable bonds is 5. The molecule has 0 radical (unpaired) electrons. The molecule has 1 aliphatic rings. The maximum Gasteiger partial charge on any atom is 0.309 e. The third-order valence-electron chi connectivity index (χ3n) is 5.09. The second-order valence-electron chi connectivity index (χ2n) is 6.79. The van der Waals surface area contributed by atoms with Crippen molar-refractivity contribution in [3.63, 3.8) is 0 Å². The number of ether oxygens (including phenoxy) is 1. The van der Waals surface area contributed by atoms with Crippen molar-refractivity contribution in [1.82, 2.24) is 19.8 Å². The maximum atomic E-state index is 11.9. The van der Waals surface area contributed by atoms with Gasteiger partial charge in [0.2, 0.25) is 0 Å². The number of carbonyl (C=O) groups excluding carboxylic acids is 1. The van der Waals surface area contributed by atoms with Gasteiger partial charge >= 0.3 is 5.97 Å². The maximum absolute atomic E-state index is 11.9. The summed E-state index contributed by atoms with van der Waals surface area (Å²) in [4.78, 5) is 23.1. The van der Waals surface area contributed by atoms with Gasteiger partial charge in [0, 0.05) is 33.2 Å². The molecule has 1 fully saturated rings. The van der Waals surface area contributed by atoms with E-state index in [-0.39, 0.29) is 35.9 Å². The summed E-state index contributed by atoms with van der Waals surface area (Å²) in [5, 5.41) is 3.45. The molecule has 0 saturated carbocycles. The Kier molecular flexibility index (Phi) is 8.53. The molecular weight excluding hydrogens is 469 g/mol. The van der Waals surface area contributed by atoms with Gasteiger partial charge in [-0.15, -0.1) is 24.0 Å². The van der Waals surface area contributed by atoms with Crippen LogP contribution in [0.3, 0.4) is 0 Å². The van der Waals surface area contributed by atoms with E-state index in [9.17, 15) is 4.79 Å². The van der Waals surface area contributed by atoms with E-state index in [4.69, 9.17) is 4.74 Å². The summed E-state index contributed by atoms with van der Waals surface area (Å²) in [5.74, 6) is 1.85. The van der Waals surface area contributed by atoms with Crippen LogP contribution < -0.4 is 5.32 Å². The van der Waals surface area contributed by atoms with Gasteiger partial charge < -0.3 is 19.5 Å². The van der Waals surface area contributed by atoms with Crippen molar-refractivity contribution < 1.29 is 9.53 Å². The van der Waals surface area contributed by atoms with Crippen LogP contribution >= 0.6 is 24.0 Å².